The van der Waals surface area contributed by atoms with E-state index in [-0.39, 0.29) is 29.4 Å². The number of halogens is 1. The maximum absolute atomic E-state index is 5.86. The average molecular weight is 459 g/mol. The minimum absolute atomic E-state index is 0. The van der Waals surface area contributed by atoms with E-state index in [4.69, 9.17) is 14.2 Å². The number of hydrogen-bond donors (Lipinski definition) is 2. The Morgan fingerprint density at radius 1 is 1.28 bits per heavy atom. The molecule has 3 aliphatic rings. The fourth-order valence-corrected chi connectivity index (χ4v) is 4.20. The highest BCUT2D eigenvalue weighted by molar-refractivity contribution is 14.0. The molecule has 3 unspecified atom stereocenters. The van der Waals surface area contributed by atoms with Crippen molar-refractivity contribution in [2.24, 2.45) is 16.3 Å². The summed E-state index contributed by atoms with van der Waals surface area (Å²) >= 11 is 0. The normalized spacial score (nSPS) is 28.6. The van der Waals surface area contributed by atoms with Gasteiger partial charge in [-0.3, -0.25) is 4.99 Å². The van der Waals surface area contributed by atoms with Crippen molar-refractivity contribution in [1.29, 1.82) is 0 Å². The highest BCUT2D eigenvalue weighted by atomic mass is 127. The van der Waals surface area contributed by atoms with Crippen molar-refractivity contribution in [1.82, 2.24) is 10.6 Å². The molecule has 1 aliphatic carbocycles. The molecule has 2 heterocycles. The van der Waals surface area contributed by atoms with Gasteiger partial charge < -0.3 is 24.8 Å². The monoisotopic (exact) mass is 459 g/mol. The van der Waals surface area contributed by atoms with E-state index >= 15 is 0 Å². The molecule has 0 radical (unpaired) electrons. The molecule has 1 aromatic rings. The van der Waals surface area contributed by atoms with Gasteiger partial charge in [0.2, 0.25) is 6.79 Å². The Bertz CT molecular complexity index is 665. The maximum atomic E-state index is 5.86. The molecule has 25 heavy (non-hydrogen) atoms. The van der Waals surface area contributed by atoms with Gasteiger partial charge in [-0.25, -0.2) is 0 Å². The lowest BCUT2D eigenvalue weighted by Crippen LogP contribution is -2.67. The zero-order valence-corrected chi connectivity index (χ0v) is 17.2. The van der Waals surface area contributed by atoms with E-state index in [9.17, 15) is 0 Å². The van der Waals surface area contributed by atoms with Gasteiger partial charge >= 0.3 is 0 Å². The number of guanidine groups is 1. The Balaban J connectivity index is 0.00000182. The highest BCUT2D eigenvalue weighted by Crippen LogP contribution is 2.52. The third-order valence-electron chi connectivity index (χ3n) is 5.51. The molecule has 0 aromatic heterocycles. The molecule has 1 saturated carbocycles. The number of ether oxygens (including phenoxy) is 3. The molecule has 2 N–H and O–H groups in total. The van der Waals surface area contributed by atoms with Crippen LogP contribution in [0.25, 0.3) is 0 Å². The minimum atomic E-state index is 0. The van der Waals surface area contributed by atoms with Crippen LogP contribution in [0.3, 0.4) is 0 Å². The van der Waals surface area contributed by atoms with Crippen LogP contribution in [-0.2, 0) is 11.3 Å². The topological polar surface area (TPSA) is 64.1 Å². The molecule has 1 aromatic carbocycles. The van der Waals surface area contributed by atoms with Crippen LogP contribution in [0, 0.1) is 11.3 Å². The molecule has 2 aliphatic heterocycles. The fourth-order valence-electron chi connectivity index (χ4n) is 4.20. The molecular weight excluding hydrogens is 433 g/mol. The van der Waals surface area contributed by atoms with Crippen molar-refractivity contribution in [3.8, 4) is 11.5 Å². The number of nitrogens with zero attached hydrogens (tertiary/aromatic N) is 1. The Morgan fingerprint density at radius 3 is 2.88 bits per heavy atom. The van der Waals surface area contributed by atoms with Gasteiger partial charge in [0.15, 0.2) is 17.5 Å². The van der Waals surface area contributed by atoms with E-state index in [1.807, 2.05) is 25.2 Å². The summed E-state index contributed by atoms with van der Waals surface area (Å²) in [5.41, 5.74) is 1.27. The third kappa shape index (κ3) is 3.28. The standard InChI is InChI=1S/C18H25N3O3.HI/c1-18(2)15(12-6-7-22-16(12)18)21-17(19-3)20-9-11-4-5-13-14(8-11)24-10-23-13;/h4-5,8,12,15-16H,6-7,9-10H2,1-3H3,(H2,19,20,21);1H. The van der Waals surface area contributed by atoms with Crippen molar-refractivity contribution in [3.05, 3.63) is 23.8 Å². The number of aliphatic imine (C=N–C) groups is 1. The number of benzene rings is 1. The van der Waals surface area contributed by atoms with E-state index in [1.165, 1.54) is 0 Å². The number of hydrogen-bond acceptors (Lipinski definition) is 4. The lowest BCUT2D eigenvalue weighted by molar-refractivity contribution is -0.106. The molecule has 6 nitrogen and oxygen atoms in total. The predicted octanol–water partition coefficient (Wildman–Crippen LogP) is 2.51. The predicted molar refractivity (Wildman–Crippen MR) is 107 cm³/mol. The summed E-state index contributed by atoms with van der Waals surface area (Å²) in [6.07, 6.45) is 1.51. The maximum Gasteiger partial charge on any atom is 0.231 e. The van der Waals surface area contributed by atoms with Crippen molar-refractivity contribution in [2.45, 2.75) is 39.0 Å². The van der Waals surface area contributed by atoms with Crippen LogP contribution in [-0.4, -0.2) is 38.6 Å². The first kappa shape index (κ1) is 18.6. The Kier molecular flexibility index (Phi) is 5.34. The molecular formula is C18H26IN3O3. The van der Waals surface area contributed by atoms with E-state index in [0.717, 1.165) is 36.0 Å². The fraction of sp³-hybridized carbons (Fsp3) is 0.611. The van der Waals surface area contributed by atoms with Gasteiger partial charge in [-0.2, -0.15) is 0 Å². The molecule has 0 bridgehead atoms. The SMILES string of the molecule is CN=C(NCc1ccc2c(c1)OCO2)NC1C2CCOC2C1(C)C.I. The average Bonchev–Trinajstić information content (AvgIpc) is 3.22. The van der Waals surface area contributed by atoms with Crippen molar-refractivity contribution < 1.29 is 14.2 Å². The van der Waals surface area contributed by atoms with Gasteiger partial charge in [0, 0.05) is 37.6 Å². The van der Waals surface area contributed by atoms with Gasteiger partial charge in [-0.15, -0.1) is 24.0 Å². The zero-order chi connectivity index (χ0) is 16.7. The van der Waals surface area contributed by atoms with Crippen LogP contribution in [0.1, 0.15) is 25.8 Å². The molecule has 2 fully saturated rings. The second-order valence-electron chi connectivity index (χ2n) is 7.30. The van der Waals surface area contributed by atoms with E-state index < -0.39 is 0 Å². The number of fused-ring (bicyclic) bond motifs is 2. The summed E-state index contributed by atoms with van der Waals surface area (Å²) in [5, 5.41) is 6.99. The Hall–Kier alpha value is -1.22. The second kappa shape index (κ2) is 7.19. The van der Waals surface area contributed by atoms with Crippen molar-refractivity contribution in [3.63, 3.8) is 0 Å². The Labute approximate surface area is 165 Å². The first-order valence-electron chi connectivity index (χ1n) is 8.57. The first-order chi connectivity index (χ1) is 11.6. The summed E-state index contributed by atoms with van der Waals surface area (Å²) in [7, 11) is 1.81. The number of rotatable bonds is 3. The Morgan fingerprint density at radius 2 is 2.08 bits per heavy atom. The van der Waals surface area contributed by atoms with Crippen LogP contribution in [0.15, 0.2) is 23.2 Å². The van der Waals surface area contributed by atoms with Crippen molar-refractivity contribution in [2.75, 3.05) is 20.4 Å². The summed E-state index contributed by atoms with van der Waals surface area (Å²) in [5.74, 6) is 3.04. The number of nitrogens with one attached hydrogen (secondary N) is 2. The van der Waals surface area contributed by atoms with E-state index in [0.29, 0.717) is 31.4 Å². The minimum Gasteiger partial charge on any atom is -0.454 e. The molecule has 3 atom stereocenters. The zero-order valence-electron chi connectivity index (χ0n) is 14.9. The molecule has 7 heteroatoms. The van der Waals surface area contributed by atoms with E-state index in [1.54, 1.807) is 0 Å². The van der Waals surface area contributed by atoms with Gasteiger partial charge in [0.25, 0.3) is 0 Å². The van der Waals surface area contributed by atoms with Gasteiger partial charge in [0.05, 0.1) is 6.10 Å². The molecule has 138 valence electrons. The lowest BCUT2D eigenvalue weighted by atomic mass is 9.57. The summed E-state index contributed by atoms with van der Waals surface area (Å²) in [6.45, 7) is 6.40. The van der Waals surface area contributed by atoms with Gasteiger partial charge in [0.1, 0.15) is 0 Å². The van der Waals surface area contributed by atoms with E-state index in [2.05, 4.69) is 29.5 Å². The van der Waals surface area contributed by atoms with Crippen molar-refractivity contribution >= 4 is 29.9 Å². The van der Waals surface area contributed by atoms with Crippen LogP contribution in [0.2, 0.25) is 0 Å². The first-order valence-corrected chi connectivity index (χ1v) is 8.57. The summed E-state index contributed by atoms with van der Waals surface area (Å²) in [4.78, 5) is 4.37. The molecule has 0 spiro atoms. The summed E-state index contributed by atoms with van der Waals surface area (Å²) < 4.78 is 16.6. The molecule has 1 saturated heterocycles. The van der Waals surface area contributed by atoms with Crippen LogP contribution in [0.5, 0.6) is 11.5 Å². The third-order valence-corrected chi connectivity index (χ3v) is 5.51. The van der Waals surface area contributed by atoms with Crippen LogP contribution >= 0.6 is 24.0 Å². The molecule has 0 amide bonds. The van der Waals surface area contributed by atoms with Gasteiger partial charge in [-0.05, 0) is 24.1 Å². The van der Waals surface area contributed by atoms with Gasteiger partial charge in [-0.1, -0.05) is 19.9 Å². The lowest BCUT2D eigenvalue weighted by Gasteiger charge is -2.54. The highest BCUT2D eigenvalue weighted by Gasteiger charge is 2.59. The molecule has 4 rings (SSSR count). The smallest absolute Gasteiger partial charge is 0.231 e. The second-order valence-corrected chi connectivity index (χ2v) is 7.30. The van der Waals surface area contributed by atoms with Crippen LogP contribution < -0.4 is 20.1 Å². The van der Waals surface area contributed by atoms with Crippen LogP contribution in [0.4, 0.5) is 0 Å². The quantitative estimate of drug-likeness (QED) is 0.413. The largest absolute Gasteiger partial charge is 0.454 e. The summed E-state index contributed by atoms with van der Waals surface area (Å²) in [6, 6.07) is 6.40.